The van der Waals surface area contributed by atoms with E-state index >= 15 is 0 Å². The molecule has 1 saturated heterocycles. The van der Waals surface area contributed by atoms with Crippen molar-refractivity contribution in [3.05, 3.63) is 39.6 Å². The highest BCUT2D eigenvalue weighted by atomic mass is 32.1. The molecule has 118 valence electrons. The maximum Gasteiger partial charge on any atom is 0.228 e. The predicted octanol–water partition coefficient (Wildman–Crippen LogP) is 2.24. The van der Waals surface area contributed by atoms with Crippen molar-refractivity contribution in [2.45, 2.75) is 26.4 Å². The van der Waals surface area contributed by atoms with Gasteiger partial charge < -0.3 is 14.2 Å². The molecule has 2 aromatic heterocycles. The fourth-order valence-corrected chi connectivity index (χ4v) is 3.69. The number of ether oxygens (including phenoxy) is 1. The minimum Gasteiger partial charge on any atom is -0.367 e. The molecule has 22 heavy (non-hydrogen) atoms. The van der Waals surface area contributed by atoms with Gasteiger partial charge >= 0.3 is 0 Å². The molecule has 0 aliphatic carbocycles. The molecule has 1 amide bonds. The van der Waals surface area contributed by atoms with E-state index in [0.717, 1.165) is 16.4 Å². The molecule has 1 aliphatic rings. The lowest BCUT2D eigenvalue weighted by molar-refractivity contribution is -0.138. The molecule has 1 aliphatic heterocycles. The number of rotatable bonds is 3. The quantitative estimate of drug-likeness (QED) is 0.872. The number of carbonyl (C=O) groups is 1. The Morgan fingerprint density at radius 1 is 1.45 bits per heavy atom. The van der Waals surface area contributed by atoms with Crippen LogP contribution in [0.5, 0.6) is 0 Å². The minimum absolute atomic E-state index is 0.138. The highest BCUT2D eigenvalue weighted by Gasteiger charge is 2.28. The second kappa shape index (κ2) is 6.22. The lowest BCUT2D eigenvalue weighted by atomic mass is 10.2. The number of nitrogens with zero attached hydrogens (tertiary/aromatic N) is 3. The maximum absolute atomic E-state index is 12.5. The number of amides is 1. The Morgan fingerprint density at radius 3 is 2.91 bits per heavy atom. The van der Waals surface area contributed by atoms with Gasteiger partial charge in [-0.25, -0.2) is 4.98 Å². The molecular weight excluding hydrogens is 298 g/mol. The van der Waals surface area contributed by atoms with E-state index in [1.54, 1.807) is 11.3 Å². The summed E-state index contributed by atoms with van der Waals surface area (Å²) in [5, 5.41) is 0. The van der Waals surface area contributed by atoms with Gasteiger partial charge in [0.05, 0.1) is 25.3 Å². The lowest BCUT2D eigenvalue weighted by Crippen LogP contribution is -2.43. The summed E-state index contributed by atoms with van der Waals surface area (Å²) >= 11 is 1.69. The van der Waals surface area contributed by atoms with E-state index in [2.05, 4.69) is 18.0 Å². The first-order chi connectivity index (χ1) is 10.5. The molecule has 1 unspecified atom stereocenters. The third-order valence-electron chi connectivity index (χ3n) is 3.86. The number of hydrogen-bond acceptors (Lipinski definition) is 4. The van der Waals surface area contributed by atoms with Crippen LogP contribution in [0.15, 0.2) is 18.3 Å². The summed E-state index contributed by atoms with van der Waals surface area (Å²) in [5.41, 5.74) is 0.971. The Labute approximate surface area is 134 Å². The van der Waals surface area contributed by atoms with Crippen LogP contribution < -0.4 is 0 Å². The van der Waals surface area contributed by atoms with Crippen LogP contribution >= 0.6 is 11.3 Å². The lowest BCUT2D eigenvalue weighted by Gasteiger charge is -2.32. The highest BCUT2D eigenvalue weighted by molar-refractivity contribution is 7.12. The van der Waals surface area contributed by atoms with Crippen molar-refractivity contribution in [3.8, 4) is 0 Å². The Kier molecular flexibility index (Phi) is 4.31. The van der Waals surface area contributed by atoms with E-state index < -0.39 is 0 Å². The molecule has 0 N–H and O–H groups in total. The first-order valence-corrected chi connectivity index (χ1v) is 8.29. The molecule has 0 radical (unpaired) electrons. The zero-order valence-corrected chi connectivity index (χ0v) is 14.0. The standard InChI is InChI=1S/C16H21N3O2S/c1-11-9-18(3)16(17-11)14-10-19(6-7-21-14)15(20)8-13-5-4-12(2)22-13/h4-5,9,14H,6-8,10H2,1-3H3. The van der Waals surface area contributed by atoms with E-state index in [-0.39, 0.29) is 12.0 Å². The molecule has 0 bridgehead atoms. The average Bonchev–Trinajstić information content (AvgIpc) is 3.04. The normalized spacial score (nSPS) is 18.7. The smallest absolute Gasteiger partial charge is 0.228 e. The summed E-state index contributed by atoms with van der Waals surface area (Å²) in [6.45, 7) is 5.82. The first-order valence-electron chi connectivity index (χ1n) is 7.47. The van der Waals surface area contributed by atoms with Gasteiger partial charge in [0, 0.05) is 29.5 Å². The average molecular weight is 319 g/mol. The molecule has 0 spiro atoms. The zero-order chi connectivity index (χ0) is 15.7. The third kappa shape index (κ3) is 3.23. The maximum atomic E-state index is 12.5. The third-order valence-corrected chi connectivity index (χ3v) is 4.86. The number of imidazole rings is 1. The van der Waals surface area contributed by atoms with Crippen LogP contribution in [0.1, 0.15) is 27.4 Å². The molecule has 0 saturated carbocycles. The van der Waals surface area contributed by atoms with Crippen LogP contribution in [-0.4, -0.2) is 40.1 Å². The molecule has 2 aromatic rings. The number of carbonyl (C=O) groups excluding carboxylic acids is 1. The summed E-state index contributed by atoms with van der Waals surface area (Å²) in [4.78, 5) is 21.3. The second-order valence-corrected chi connectivity index (χ2v) is 7.11. The van der Waals surface area contributed by atoms with Crippen molar-refractivity contribution < 1.29 is 9.53 Å². The topological polar surface area (TPSA) is 47.4 Å². The molecular formula is C16H21N3O2S. The molecule has 1 atom stereocenters. The number of hydrogen-bond donors (Lipinski definition) is 0. The fraction of sp³-hybridized carbons (Fsp3) is 0.500. The van der Waals surface area contributed by atoms with Crippen molar-refractivity contribution in [2.24, 2.45) is 7.05 Å². The van der Waals surface area contributed by atoms with Crippen molar-refractivity contribution >= 4 is 17.2 Å². The van der Waals surface area contributed by atoms with E-state index in [9.17, 15) is 4.79 Å². The number of thiophene rings is 1. The van der Waals surface area contributed by atoms with Gasteiger partial charge in [-0.1, -0.05) is 0 Å². The molecule has 5 nitrogen and oxygen atoms in total. The van der Waals surface area contributed by atoms with Crippen LogP contribution in [0, 0.1) is 13.8 Å². The van der Waals surface area contributed by atoms with Crippen LogP contribution in [0.25, 0.3) is 0 Å². The van der Waals surface area contributed by atoms with Gasteiger partial charge in [-0.3, -0.25) is 4.79 Å². The van der Waals surface area contributed by atoms with Gasteiger partial charge in [-0.2, -0.15) is 0 Å². The Hall–Kier alpha value is -1.66. The summed E-state index contributed by atoms with van der Waals surface area (Å²) < 4.78 is 7.80. The molecule has 1 fully saturated rings. The van der Waals surface area contributed by atoms with Crippen molar-refractivity contribution in [2.75, 3.05) is 19.7 Å². The Balaban J connectivity index is 1.67. The van der Waals surface area contributed by atoms with Crippen molar-refractivity contribution in [1.29, 1.82) is 0 Å². The predicted molar refractivity (Wildman–Crippen MR) is 86.0 cm³/mol. The van der Waals surface area contributed by atoms with Gasteiger partial charge in [-0.15, -0.1) is 11.3 Å². The van der Waals surface area contributed by atoms with Crippen LogP contribution in [0.4, 0.5) is 0 Å². The number of morpholine rings is 1. The summed E-state index contributed by atoms with van der Waals surface area (Å²) in [6, 6.07) is 4.10. The fourth-order valence-electron chi connectivity index (χ4n) is 2.81. The largest absolute Gasteiger partial charge is 0.367 e. The van der Waals surface area contributed by atoms with Crippen molar-refractivity contribution in [3.63, 3.8) is 0 Å². The van der Waals surface area contributed by atoms with Crippen molar-refractivity contribution in [1.82, 2.24) is 14.5 Å². The second-order valence-electron chi connectivity index (χ2n) is 5.74. The van der Waals surface area contributed by atoms with E-state index in [1.165, 1.54) is 4.88 Å². The number of aromatic nitrogens is 2. The van der Waals surface area contributed by atoms with Gasteiger partial charge in [0.15, 0.2) is 0 Å². The summed E-state index contributed by atoms with van der Waals surface area (Å²) in [6.07, 6.45) is 2.32. The number of aryl methyl sites for hydroxylation is 3. The minimum atomic E-state index is -0.138. The van der Waals surface area contributed by atoms with E-state index in [4.69, 9.17) is 4.74 Å². The van der Waals surface area contributed by atoms with Gasteiger partial charge in [0.25, 0.3) is 0 Å². The van der Waals surface area contributed by atoms with E-state index in [0.29, 0.717) is 26.1 Å². The molecule has 6 heteroatoms. The Morgan fingerprint density at radius 2 is 2.27 bits per heavy atom. The highest BCUT2D eigenvalue weighted by Crippen LogP contribution is 2.23. The zero-order valence-electron chi connectivity index (χ0n) is 13.2. The van der Waals surface area contributed by atoms with E-state index in [1.807, 2.05) is 35.7 Å². The van der Waals surface area contributed by atoms with Crippen LogP contribution in [-0.2, 0) is 23.0 Å². The monoisotopic (exact) mass is 319 g/mol. The molecule has 0 aromatic carbocycles. The van der Waals surface area contributed by atoms with Crippen LogP contribution in [0.3, 0.4) is 0 Å². The molecule has 3 rings (SSSR count). The molecule has 3 heterocycles. The summed E-state index contributed by atoms with van der Waals surface area (Å²) in [7, 11) is 1.97. The Bertz CT molecular complexity index is 677. The van der Waals surface area contributed by atoms with Gasteiger partial charge in [0.2, 0.25) is 5.91 Å². The SMILES string of the molecule is Cc1cn(C)c(C2CN(C(=O)Cc3ccc(C)s3)CCO2)n1. The van der Waals surface area contributed by atoms with Gasteiger partial charge in [-0.05, 0) is 26.0 Å². The van der Waals surface area contributed by atoms with Crippen LogP contribution in [0.2, 0.25) is 0 Å². The summed E-state index contributed by atoms with van der Waals surface area (Å²) in [5.74, 6) is 1.06. The van der Waals surface area contributed by atoms with Gasteiger partial charge in [0.1, 0.15) is 11.9 Å². The first kappa shape index (κ1) is 15.2.